The van der Waals surface area contributed by atoms with Crippen LogP contribution < -0.4 is 0 Å². The fourth-order valence-corrected chi connectivity index (χ4v) is 6.59. The lowest BCUT2D eigenvalue weighted by Gasteiger charge is -2.18. The van der Waals surface area contributed by atoms with Gasteiger partial charge in [-0.05, 0) is 83.5 Å². The number of rotatable bonds is 43. The van der Waals surface area contributed by atoms with E-state index in [4.69, 9.17) is 14.2 Å². The minimum absolute atomic E-state index is 0.0955. The largest absolute Gasteiger partial charge is 0.462 e. The predicted octanol–water partition coefficient (Wildman–Crippen LogP) is 15.9. The minimum atomic E-state index is -0.799. The first kappa shape index (κ1) is 55.9. The van der Waals surface area contributed by atoms with Gasteiger partial charge in [-0.15, -0.1) is 0 Å². The minimum Gasteiger partial charge on any atom is -0.462 e. The van der Waals surface area contributed by atoms with E-state index in [2.05, 4.69) is 93.7 Å². The molecule has 0 aliphatic heterocycles. The molecule has 6 nitrogen and oxygen atoms in total. The fraction of sp³-hybridized carbons (Fsp3) is 0.717. The highest BCUT2D eigenvalue weighted by Crippen LogP contribution is 2.15. The molecule has 0 spiro atoms. The van der Waals surface area contributed by atoms with Crippen LogP contribution in [0.25, 0.3) is 0 Å². The summed E-state index contributed by atoms with van der Waals surface area (Å²) >= 11 is 0. The lowest BCUT2D eigenvalue weighted by molar-refractivity contribution is -0.167. The van der Waals surface area contributed by atoms with Crippen molar-refractivity contribution < 1.29 is 28.6 Å². The van der Waals surface area contributed by atoms with E-state index >= 15 is 0 Å². The third kappa shape index (κ3) is 45.8. The van der Waals surface area contributed by atoms with Crippen molar-refractivity contribution in [3.05, 3.63) is 72.9 Å². The summed E-state index contributed by atoms with van der Waals surface area (Å²) in [6.07, 6.45) is 58.9. The van der Waals surface area contributed by atoms with Crippen molar-refractivity contribution in [3.8, 4) is 0 Å². The number of ether oxygens (including phenoxy) is 3. The van der Waals surface area contributed by atoms with Crippen molar-refractivity contribution in [2.45, 2.75) is 232 Å². The third-order valence-electron chi connectivity index (χ3n) is 10.2. The molecule has 1 atom stereocenters. The molecule has 0 rings (SSSR count). The molecule has 0 heterocycles. The Kier molecular flexibility index (Phi) is 45.0. The second kappa shape index (κ2) is 47.5. The average molecular weight is 823 g/mol. The van der Waals surface area contributed by atoms with Gasteiger partial charge in [-0.25, -0.2) is 0 Å². The molecule has 0 saturated heterocycles. The van der Waals surface area contributed by atoms with Crippen LogP contribution in [0.2, 0.25) is 0 Å². The van der Waals surface area contributed by atoms with Gasteiger partial charge in [0.1, 0.15) is 13.2 Å². The second-order valence-corrected chi connectivity index (χ2v) is 16.0. The van der Waals surface area contributed by atoms with E-state index in [1.54, 1.807) is 0 Å². The van der Waals surface area contributed by atoms with Crippen molar-refractivity contribution in [2.75, 3.05) is 13.2 Å². The number of allylic oxidation sites excluding steroid dienone is 12. The molecule has 0 aromatic carbocycles. The van der Waals surface area contributed by atoms with Gasteiger partial charge in [0.05, 0.1) is 0 Å². The molecule has 0 aromatic heterocycles. The van der Waals surface area contributed by atoms with E-state index in [0.29, 0.717) is 12.8 Å². The van der Waals surface area contributed by atoms with Crippen molar-refractivity contribution in [1.29, 1.82) is 0 Å². The highest BCUT2D eigenvalue weighted by Gasteiger charge is 2.19. The zero-order valence-electron chi connectivity index (χ0n) is 38.5. The molecule has 59 heavy (non-hydrogen) atoms. The molecule has 0 aliphatic rings. The first-order valence-electron chi connectivity index (χ1n) is 24.4. The Morgan fingerprint density at radius 3 is 1.03 bits per heavy atom. The quantitative estimate of drug-likeness (QED) is 0.0264. The van der Waals surface area contributed by atoms with E-state index in [1.807, 2.05) is 0 Å². The van der Waals surface area contributed by atoms with Gasteiger partial charge in [0.25, 0.3) is 0 Å². The van der Waals surface area contributed by atoms with Gasteiger partial charge in [0.15, 0.2) is 6.10 Å². The van der Waals surface area contributed by atoms with Crippen molar-refractivity contribution >= 4 is 17.9 Å². The zero-order chi connectivity index (χ0) is 43.0. The first-order valence-corrected chi connectivity index (χ1v) is 24.4. The Labute approximate surface area is 363 Å². The first-order chi connectivity index (χ1) is 29.0. The van der Waals surface area contributed by atoms with E-state index < -0.39 is 6.10 Å². The van der Waals surface area contributed by atoms with Gasteiger partial charge in [-0.3, -0.25) is 14.4 Å². The number of carbonyl (C=O) groups excluding carboxylic acids is 3. The summed E-state index contributed by atoms with van der Waals surface area (Å²) < 4.78 is 16.7. The third-order valence-corrected chi connectivity index (χ3v) is 10.2. The smallest absolute Gasteiger partial charge is 0.306 e. The van der Waals surface area contributed by atoms with Gasteiger partial charge in [-0.1, -0.05) is 196 Å². The molecular weight excluding hydrogens is 733 g/mol. The summed E-state index contributed by atoms with van der Waals surface area (Å²) in [7, 11) is 0. The molecule has 6 heteroatoms. The standard InChI is InChI=1S/C53H90O6/c1-4-7-10-13-16-19-22-25-26-29-31-34-37-40-43-46-52(55)58-49-50(59-53(56)47-44-41-38-35-32-28-24-21-18-15-12-9-6-3)48-57-51(54)45-42-39-36-33-30-27-23-20-17-14-11-8-5-2/h8-9,11-12,17-18,20-21,27-28,30,32,50H,4-7,10,13-16,19,22-26,29,31,33-49H2,1-3H3/b11-8-,12-9-,20-17-,21-18-,30-27-,32-28-. The molecule has 0 amide bonds. The van der Waals surface area contributed by atoms with Crippen molar-refractivity contribution in [3.63, 3.8) is 0 Å². The van der Waals surface area contributed by atoms with Crippen molar-refractivity contribution in [2.24, 2.45) is 0 Å². The number of hydrogen-bond donors (Lipinski definition) is 0. The van der Waals surface area contributed by atoms with Crippen LogP contribution in [0.4, 0.5) is 0 Å². The number of carbonyl (C=O) groups is 3. The molecule has 0 fully saturated rings. The van der Waals surface area contributed by atoms with Crippen LogP contribution >= 0.6 is 0 Å². The number of hydrogen-bond acceptors (Lipinski definition) is 6. The van der Waals surface area contributed by atoms with Crippen molar-refractivity contribution in [1.82, 2.24) is 0 Å². The highest BCUT2D eigenvalue weighted by atomic mass is 16.6. The van der Waals surface area contributed by atoms with Crippen LogP contribution in [0, 0.1) is 0 Å². The van der Waals surface area contributed by atoms with Gasteiger partial charge < -0.3 is 14.2 Å². The second-order valence-electron chi connectivity index (χ2n) is 16.0. The fourth-order valence-electron chi connectivity index (χ4n) is 6.59. The van der Waals surface area contributed by atoms with Crippen LogP contribution in [0.3, 0.4) is 0 Å². The summed E-state index contributed by atoms with van der Waals surface area (Å²) in [5, 5.41) is 0. The van der Waals surface area contributed by atoms with E-state index in [-0.39, 0.29) is 37.5 Å². The maximum absolute atomic E-state index is 12.7. The van der Waals surface area contributed by atoms with Gasteiger partial charge in [0.2, 0.25) is 0 Å². The predicted molar refractivity (Wildman–Crippen MR) is 251 cm³/mol. The van der Waals surface area contributed by atoms with Crippen LogP contribution in [0.1, 0.15) is 226 Å². The van der Waals surface area contributed by atoms with Crippen LogP contribution in [0.5, 0.6) is 0 Å². The summed E-state index contributed by atoms with van der Waals surface area (Å²) in [6.45, 7) is 6.35. The maximum atomic E-state index is 12.7. The topological polar surface area (TPSA) is 78.9 Å². The average Bonchev–Trinajstić information content (AvgIpc) is 3.23. The molecule has 0 aromatic rings. The summed E-state index contributed by atoms with van der Waals surface area (Å²) in [6, 6.07) is 0. The molecule has 0 radical (unpaired) electrons. The lowest BCUT2D eigenvalue weighted by atomic mass is 10.0. The molecular formula is C53H90O6. The SMILES string of the molecule is CC/C=C\C/C=C\C/C=C\CCCCCC(=O)OCC(COC(=O)CCCCCCCCCCCCCCCCC)OC(=O)CCCCC/C=C\C/C=C\C/C=C\CC. The monoisotopic (exact) mass is 823 g/mol. The number of esters is 3. The maximum Gasteiger partial charge on any atom is 0.306 e. The van der Waals surface area contributed by atoms with Gasteiger partial charge in [0, 0.05) is 19.3 Å². The summed E-state index contributed by atoms with van der Waals surface area (Å²) in [4.78, 5) is 37.9. The molecule has 338 valence electrons. The Morgan fingerprint density at radius 2 is 0.661 bits per heavy atom. The van der Waals surface area contributed by atoms with E-state index in [0.717, 1.165) is 109 Å². The Morgan fingerprint density at radius 1 is 0.356 bits per heavy atom. The summed E-state index contributed by atoms with van der Waals surface area (Å²) in [5.74, 6) is -0.956. The lowest BCUT2D eigenvalue weighted by Crippen LogP contribution is -2.30. The van der Waals surface area contributed by atoms with E-state index in [9.17, 15) is 14.4 Å². The highest BCUT2D eigenvalue weighted by molar-refractivity contribution is 5.71. The van der Waals surface area contributed by atoms with Gasteiger partial charge >= 0.3 is 17.9 Å². The molecule has 0 N–H and O–H groups in total. The Balaban J connectivity index is 4.45. The molecule has 0 bridgehead atoms. The zero-order valence-corrected chi connectivity index (χ0v) is 38.5. The molecule has 0 saturated carbocycles. The van der Waals surface area contributed by atoms with Gasteiger partial charge in [-0.2, -0.15) is 0 Å². The Bertz CT molecular complexity index is 1130. The number of unbranched alkanes of at least 4 members (excludes halogenated alkanes) is 20. The summed E-state index contributed by atoms with van der Waals surface area (Å²) in [5.41, 5.74) is 0. The normalized spacial score (nSPS) is 12.7. The molecule has 1 unspecified atom stereocenters. The van der Waals surface area contributed by atoms with Crippen LogP contribution in [-0.2, 0) is 28.6 Å². The van der Waals surface area contributed by atoms with Crippen LogP contribution in [0.15, 0.2) is 72.9 Å². The molecule has 0 aliphatic carbocycles. The van der Waals surface area contributed by atoms with E-state index in [1.165, 1.54) is 77.0 Å². The Hall–Kier alpha value is -3.15. The van der Waals surface area contributed by atoms with Crippen LogP contribution in [-0.4, -0.2) is 37.2 Å².